The van der Waals surface area contributed by atoms with Crippen LogP contribution in [0.2, 0.25) is 0 Å². The molecule has 7 heteroatoms. The smallest absolute Gasteiger partial charge is 0.266 e. The number of halogens is 2. The van der Waals surface area contributed by atoms with E-state index in [1.54, 1.807) is 31.2 Å². The number of aryl methyl sites for hydroxylation is 1. The minimum atomic E-state index is -1.10. The molecule has 0 aliphatic carbocycles. The average Bonchev–Trinajstić information content (AvgIpc) is 2.72. The summed E-state index contributed by atoms with van der Waals surface area (Å²) < 4.78 is 28.4. The molecule has 0 aliphatic rings. The first-order chi connectivity index (χ1) is 14.4. The largest absolute Gasteiger partial charge is 0.326 e. The third-order valence-corrected chi connectivity index (χ3v) is 4.69. The normalized spacial score (nSPS) is 10.9. The van der Waals surface area contributed by atoms with Crippen LogP contribution in [0.3, 0.4) is 0 Å². The molecule has 0 atom stereocenters. The van der Waals surface area contributed by atoms with E-state index in [0.29, 0.717) is 17.2 Å². The Labute approximate surface area is 170 Å². The summed E-state index contributed by atoms with van der Waals surface area (Å²) in [5.74, 6) is -1.98. The van der Waals surface area contributed by atoms with Crippen molar-refractivity contribution < 1.29 is 13.6 Å². The average molecular weight is 405 g/mol. The Hall–Kier alpha value is -3.87. The second kappa shape index (κ2) is 7.87. The fourth-order valence-electron chi connectivity index (χ4n) is 3.28. The van der Waals surface area contributed by atoms with Crippen LogP contribution in [0.1, 0.15) is 11.4 Å². The maximum atomic E-state index is 13.6. The van der Waals surface area contributed by atoms with Gasteiger partial charge in [0.2, 0.25) is 5.91 Å². The summed E-state index contributed by atoms with van der Waals surface area (Å²) in [4.78, 5) is 29.3. The van der Waals surface area contributed by atoms with E-state index in [2.05, 4.69) is 10.3 Å². The summed E-state index contributed by atoms with van der Waals surface area (Å²) in [6, 6.07) is 17.8. The Morgan fingerprint density at radius 3 is 2.37 bits per heavy atom. The molecule has 150 valence electrons. The number of fused-ring (bicyclic) bond motifs is 1. The fraction of sp³-hybridized carbons (Fsp3) is 0.0870. The number of carbonyl (C=O) groups excluding carboxylic acids is 1. The van der Waals surface area contributed by atoms with Crippen molar-refractivity contribution >= 4 is 22.5 Å². The van der Waals surface area contributed by atoms with Crippen LogP contribution in [0.25, 0.3) is 16.6 Å². The topological polar surface area (TPSA) is 64.0 Å². The third kappa shape index (κ3) is 3.82. The summed E-state index contributed by atoms with van der Waals surface area (Å²) >= 11 is 0. The number of hydrogen-bond donors (Lipinski definition) is 1. The van der Waals surface area contributed by atoms with Gasteiger partial charge in [-0.3, -0.25) is 14.2 Å². The molecule has 0 saturated heterocycles. The van der Waals surface area contributed by atoms with Crippen molar-refractivity contribution in [1.82, 2.24) is 9.55 Å². The number of rotatable bonds is 4. The summed E-state index contributed by atoms with van der Waals surface area (Å²) in [7, 11) is 0. The highest BCUT2D eigenvalue weighted by atomic mass is 19.2. The predicted octanol–water partition coefficient (Wildman–Crippen LogP) is 4.15. The van der Waals surface area contributed by atoms with Gasteiger partial charge in [-0.25, -0.2) is 13.8 Å². The van der Waals surface area contributed by atoms with E-state index < -0.39 is 17.2 Å². The zero-order valence-electron chi connectivity index (χ0n) is 16.0. The molecular formula is C23H17F2N3O2. The van der Waals surface area contributed by atoms with Gasteiger partial charge in [-0.2, -0.15) is 0 Å². The number of amides is 1. The molecule has 1 heterocycles. The van der Waals surface area contributed by atoms with Crippen LogP contribution in [-0.4, -0.2) is 15.5 Å². The second-order valence-corrected chi connectivity index (χ2v) is 6.84. The first-order valence-electron chi connectivity index (χ1n) is 9.25. The van der Waals surface area contributed by atoms with Crippen LogP contribution < -0.4 is 10.9 Å². The molecule has 0 bridgehead atoms. The third-order valence-electron chi connectivity index (χ3n) is 4.69. The molecular weight excluding hydrogens is 388 g/mol. The first kappa shape index (κ1) is 19.4. The molecule has 1 amide bonds. The second-order valence-electron chi connectivity index (χ2n) is 6.84. The monoisotopic (exact) mass is 405 g/mol. The van der Waals surface area contributed by atoms with Gasteiger partial charge in [0, 0.05) is 11.8 Å². The van der Waals surface area contributed by atoms with E-state index in [1.807, 2.05) is 30.3 Å². The molecule has 0 unspecified atom stereocenters. The number of hydrogen-bond acceptors (Lipinski definition) is 3. The molecule has 3 aromatic carbocycles. The Morgan fingerprint density at radius 2 is 1.67 bits per heavy atom. The molecule has 0 aliphatic heterocycles. The molecule has 4 aromatic rings. The Morgan fingerprint density at radius 1 is 1.00 bits per heavy atom. The van der Waals surface area contributed by atoms with Gasteiger partial charge in [-0.05, 0) is 42.8 Å². The molecule has 0 radical (unpaired) electrons. The van der Waals surface area contributed by atoms with Crippen molar-refractivity contribution in [2.24, 2.45) is 0 Å². The highest BCUT2D eigenvalue weighted by molar-refractivity contribution is 5.92. The zero-order valence-corrected chi connectivity index (χ0v) is 16.0. The standard InChI is InChI=1S/C23H17F2N3O2/c1-14-26-21-13-20(25)19(24)12-18(21)23(30)28(14)17-9-7-16(8-10-17)27-22(29)11-15-5-3-2-4-6-15/h2-10,12-13H,11H2,1H3,(H,27,29). The van der Waals surface area contributed by atoms with Crippen molar-refractivity contribution in [3.8, 4) is 5.69 Å². The Kier molecular flexibility index (Phi) is 5.10. The number of benzene rings is 3. The zero-order chi connectivity index (χ0) is 21.3. The van der Waals surface area contributed by atoms with Crippen LogP contribution >= 0.6 is 0 Å². The summed E-state index contributed by atoms with van der Waals surface area (Å²) in [6.07, 6.45) is 0.248. The van der Waals surface area contributed by atoms with Crippen LogP contribution in [0.4, 0.5) is 14.5 Å². The van der Waals surface area contributed by atoms with Crippen molar-refractivity contribution in [3.63, 3.8) is 0 Å². The van der Waals surface area contributed by atoms with Gasteiger partial charge in [-0.1, -0.05) is 30.3 Å². The molecule has 1 aromatic heterocycles. The van der Waals surface area contributed by atoms with Crippen LogP contribution in [-0.2, 0) is 11.2 Å². The van der Waals surface area contributed by atoms with Gasteiger partial charge >= 0.3 is 0 Å². The van der Waals surface area contributed by atoms with E-state index in [4.69, 9.17) is 0 Å². The van der Waals surface area contributed by atoms with Crippen LogP contribution in [0, 0.1) is 18.6 Å². The van der Waals surface area contributed by atoms with Gasteiger partial charge in [0.25, 0.3) is 5.56 Å². The minimum Gasteiger partial charge on any atom is -0.326 e. The molecule has 4 rings (SSSR count). The quantitative estimate of drug-likeness (QED) is 0.555. The predicted molar refractivity (Wildman–Crippen MR) is 111 cm³/mol. The number of aromatic nitrogens is 2. The maximum absolute atomic E-state index is 13.6. The number of nitrogens with one attached hydrogen (secondary N) is 1. The van der Waals surface area contributed by atoms with Crippen molar-refractivity contribution in [2.75, 3.05) is 5.32 Å². The Bertz CT molecular complexity index is 1300. The summed E-state index contributed by atoms with van der Waals surface area (Å²) in [5, 5.41) is 2.79. The Balaban J connectivity index is 1.61. The SMILES string of the molecule is Cc1nc2cc(F)c(F)cc2c(=O)n1-c1ccc(NC(=O)Cc2ccccc2)cc1. The van der Waals surface area contributed by atoms with E-state index in [9.17, 15) is 18.4 Å². The highest BCUT2D eigenvalue weighted by Crippen LogP contribution is 2.18. The summed E-state index contributed by atoms with van der Waals surface area (Å²) in [5.41, 5.74) is 1.57. The lowest BCUT2D eigenvalue weighted by molar-refractivity contribution is -0.115. The molecule has 0 spiro atoms. The van der Waals surface area contributed by atoms with E-state index in [-0.39, 0.29) is 23.2 Å². The first-order valence-corrected chi connectivity index (χ1v) is 9.25. The molecule has 0 saturated carbocycles. The van der Waals surface area contributed by atoms with Gasteiger partial charge in [-0.15, -0.1) is 0 Å². The number of anilines is 1. The fourth-order valence-corrected chi connectivity index (χ4v) is 3.28. The van der Waals surface area contributed by atoms with Crippen molar-refractivity contribution in [2.45, 2.75) is 13.3 Å². The number of nitrogens with zero attached hydrogens (tertiary/aromatic N) is 2. The molecule has 0 fully saturated rings. The van der Waals surface area contributed by atoms with Crippen LogP contribution in [0.15, 0.2) is 71.5 Å². The number of carbonyl (C=O) groups is 1. The molecule has 1 N–H and O–H groups in total. The lowest BCUT2D eigenvalue weighted by atomic mass is 10.1. The minimum absolute atomic E-state index is 0.0141. The summed E-state index contributed by atoms with van der Waals surface area (Å²) in [6.45, 7) is 1.61. The van der Waals surface area contributed by atoms with E-state index >= 15 is 0 Å². The van der Waals surface area contributed by atoms with E-state index in [1.165, 1.54) is 4.57 Å². The van der Waals surface area contributed by atoms with Crippen molar-refractivity contribution in [3.05, 3.63) is 100 Å². The van der Waals surface area contributed by atoms with Gasteiger partial charge in [0.05, 0.1) is 23.0 Å². The lowest BCUT2D eigenvalue weighted by Gasteiger charge is -2.12. The van der Waals surface area contributed by atoms with Crippen molar-refractivity contribution in [1.29, 1.82) is 0 Å². The van der Waals surface area contributed by atoms with Crippen LogP contribution in [0.5, 0.6) is 0 Å². The van der Waals surface area contributed by atoms with E-state index in [0.717, 1.165) is 17.7 Å². The highest BCUT2D eigenvalue weighted by Gasteiger charge is 2.14. The lowest BCUT2D eigenvalue weighted by Crippen LogP contribution is -2.22. The molecule has 5 nitrogen and oxygen atoms in total. The van der Waals surface area contributed by atoms with Gasteiger partial charge in [0.15, 0.2) is 11.6 Å². The maximum Gasteiger partial charge on any atom is 0.266 e. The molecule has 30 heavy (non-hydrogen) atoms. The van der Waals surface area contributed by atoms with Gasteiger partial charge in [0.1, 0.15) is 5.82 Å². The van der Waals surface area contributed by atoms with Gasteiger partial charge < -0.3 is 5.32 Å².